The Kier molecular flexibility index (Phi) is 3.73. The lowest BCUT2D eigenvalue weighted by molar-refractivity contribution is 1.14. The zero-order chi connectivity index (χ0) is 13.1. The zero-order valence-electron chi connectivity index (χ0n) is 10.4. The molecule has 0 radical (unpaired) electrons. The quantitative estimate of drug-likeness (QED) is 0.786. The number of aryl methyl sites for hydroxylation is 1. The predicted molar refractivity (Wildman–Crippen MR) is 80.8 cm³/mol. The summed E-state index contributed by atoms with van der Waals surface area (Å²) in [7, 11) is 0. The van der Waals surface area contributed by atoms with E-state index < -0.39 is 0 Å². The van der Waals surface area contributed by atoms with Crippen molar-refractivity contribution in [3.8, 4) is 11.1 Å². The normalized spacial score (nSPS) is 10.3. The summed E-state index contributed by atoms with van der Waals surface area (Å²) in [5.74, 6) is 0. The fourth-order valence-corrected chi connectivity index (χ4v) is 2.25. The molecule has 2 aromatic rings. The van der Waals surface area contributed by atoms with Crippen LogP contribution in [0.5, 0.6) is 0 Å². The van der Waals surface area contributed by atoms with Gasteiger partial charge in [0.2, 0.25) is 0 Å². The third-order valence-corrected chi connectivity index (χ3v) is 3.27. The van der Waals surface area contributed by atoms with E-state index in [0.717, 1.165) is 23.1 Å². The Bertz CT molecular complexity index is 570. The molecule has 2 N–H and O–H groups in total. The Labute approximate surface area is 113 Å². The van der Waals surface area contributed by atoms with Crippen molar-refractivity contribution in [1.82, 2.24) is 0 Å². The van der Waals surface area contributed by atoms with E-state index in [9.17, 15) is 0 Å². The molecule has 0 heterocycles. The van der Waals surface area contributed by atoms with Gasteiger partial charge in [-0.2, -0.15) is 0 Å². The molecule has 0 unspecified atom stereocenters. The molecule has 92 valence electrons. The van der Waals surface area contributed by atoms with Crippen LogP contribution < -0.4 is 5.73 Å². The molecule has 1 nitrogen and oxygen atoms in total. The molecule has 0 atom stereocenters. The molecule has 0 aliphatic rings. The molecule has 0 bridgehead atoms. The first kappa shape index (κ1) is 12.7. The monoisotopic (exact) mass is 257 g/mol. The van der Waals surface area contributed by atoms with Crippen molar-refractivity contribution >= 4 is 23.4 Å². The summed E-state index contributed by atoms with van der Waals surface area (Å²) in [6, 6.07) is 12.1. The van der Waals surface area contributed by atoms with E-state index in [2.05, 4.69) is 37.8 Å². The average molecular weight is 258 g/mol. The number of nitrogen functional groups attached to an aromatic ring is 1. The van der Waals surface area contributed by atoms with E-state index in [1.807, 2.05) is 6.07 Å². The average Bonchev–Trinajstić information content (AvgIpc) is 2.38. The fourth-order valence-electron chi connectivity index (χ4n) is 2.03. The van der Waals surface area contributed by atoms with Crippen LogP contribution in [0.1, 0.15) is 18.1 Å². The van der Waals surface area contributed by atoms with Gasteiger partial charge in [-0.25, -0.2) is 0 Å². The Morgan fingerprint density at radius 2 is 1.89 bits per heavy atom. The lowest BCUT2D eigenvalue weighted by Gasteiger charge is -2.11. The van der Waals surface area contributed by atoms with Gasteiger partial charge in [0.25, 0.3) is 0 Å². The van der Waals surface area contributed by atoms with E-state index >= 15 is 0 Å². The van der Waals surface area contributed by atoms with E-state index in [1.165, 1.54) is 5.56 Å². The summed E-state index contributed by atoms with van der Waals surface area (Å²) in [4.78, 5) is 0. The Morgan fingerprint density at radius 1 is 1.22 bits per heavy atom. The van der Waals surface area contributed by atoms with E-state index in [4.69, 9.17) is 17.3 Å². The van der Waals surface area contributed by atoms with Crippen molar-refractivity contribution in [3.05, 3.63) is 59.1 Å². The summed E-state index contributed by atoms with van der Waals surface area (Å²) >= 11 is 6.07. The molecule has 2 rings (SSSR count). The van der Waals surface area contributed by atoms with Crippen LogP contribution in [-0.4, -0.2) is 0 Å². The molecule has 2 aromatic carbocycles. The summed E-state index contributed by atoms with van der Waals surface area (Å²) in [5, 5.41) is 0.646. The molecule has 0 aliphatic carbocycles. The summed E-state index contributed by atoms with van der Waals surface area (Å²) in [5.41, 5.74) is 11.0. The number of halogens is 1. The van der Waals surface area contributed by atoms with Crippen LogP contribution in [-0.2, 0) is 6.42 Å². The zero-order valence-corrected chi connectivity index (χ0v) is 11.2. The van der Waals surface area contributed by atoms with Gasteiger partial charge >= 0.3 is 0 Å². The fraction of sp³-hybridized carbons (Fsp3) is 0.125. The maximum atomic E-state index is 6.07. The van der Waals surface area contributed by atoms with Crippen LogP contribution in [0.25, 0.3) is 17.2 Å². The van der Waals surface area contributed by atoms with Gasteiger partial charge in [0.15, 0.2) is 0 Å². The van der Waals surface area contributed by atoms with Gasteiger partial charge in [-0.1, -0.05) is 55.4 Å². The molecule has 0 fully saturated rings. The number of hydrogen-bond donors (Lipinski definition) is 1. The maximum Gasteiger partial charge on any atom is 0.0433 e. The molecule has 0 spiro atoms. The minimum Gasteiger partial charge on any atom is -0.398 e. The van der Waals surface area contributed by atoms with E-state index in [0.29, 0.717) is 10.7 Å². The van der Waals surface area contributed by atoms with Crippen molar-refractivity contribution in [2.75, 3.05) is 5.73 Å². The van der Waals surface area contributed by atoms with Gasteiger partial charge in [-0.05, 0) is 35.2 Å². The molecule has 0 saturated heterocycles. The molecular formula is C16H16ClN. The second-order valence-corrected chi connectivity index (χ2v) is 4.65. The van der Waals surface area contributed by atoms with E-state index in [1.54, 1.807) is 12.1 Å². The maximum absolute atomic E-state index is 6.07. The van der Waals surface area contributed by atoms with Crippen molar-refractivity contribution in [3.63, 3.8) is 0 Å². The van der Waals surface area contributed by atoms with Gasteiger partial charge in [0.05, 0.1) is 0 Å². The van der Waals surface area contributed by atoms with Crippen LogP contribution in [0, 0.1) is 0 Å². The molecular weight excluding hydrogens is 242 g/mol. The first-order valence-corrected chi connectivity index (χ1v) is 6.34. The van der Waals surface area contributed by atoms with Crippen molar-refractivity contribution < 1.29 is 0 Å². The smallest absolute Gasteiger partial charge is 0.0433 e. The Balaban J connectivity index is 2.58. The molecule has 0 saturated carbocycles. The Morgan fingerprint density at radius 3 is 2.44 bits per heavy atom. The highest BCUT2D eigenvalue weighted by molar-refractivity contribution is 6.31. The Hall–Kier alpha value is -1.73. The third-order valence-electron chi connectivity index (χ3n) is 3.05. The van der Waals surface area contributed by atoms with Crippen LogP contribution >= 0.6 is 11.6 Å². The van der Waals surface area contributed by atoms with Gasteiger partial charge in [-0.15, -0.1) is 0 Å². The van der Waals surface area contributed by atoms with Crippen LogP contribution in [0.4, 0.5) is 5.69 Å². The molecule has 0 amide bonds. The minimum absolute atomic E-state index is 0.646. The van der Waals surface area contributed by atoms with Crippen LogP contribution in [0.15, 0.2) is 43.0 Å². The van der Waals surface area contributed by atoms with Crippen molar-refractivity contribution in [2.24, 2.45) is 0 Å². The van der Waals surface area contributed by atoms with E-state index in [-0.39, 0.29) is 0 Å². The number of anilines is 1. The van der Waals surface area contributed by atoms with Gasteiger partial charge < -0.3 is 5.73 Å². The predicted octanol–water partition coefficient (Wildman–Crippen LogP) is 4.79. The van der Waals surface area contributed by atoms with Crippen LogP contribution in [0.2, 0.25) is 5.02 Å². The second-order valence-electron chi connectivity index (χ2n) is 4.21. The number of benzene rings is 2. The topological polar surface area (TPSA) is 26.0 Å². The third kappa shape index (κ3) is 2.41. The first-order chi connectivity index (χ1) is 8.65. The molecule has 18 heavy (non-hydrogen) atoms. The lowest BCUT2D eigenvalue weighted by Crippen LogP contribution is -1.93. The SMILES string of the molecule is C=Cc1c(N)cc(Cl)cc1-c1ccc(CC)cc1. The molecule has 0 aromatic heterocycles. The highest BCUT2D eigenvalue weighted by atomic mass is 35.5. The minimum atomic E-state index is 0.646. The van der Waals surface area contributed by atoms with Gasteiger partial charge in [-0.3, -0.25) is 0 Å². The lowest BCUT2D eigenvalue weighted by atomic mass is 9.97. The molecule has 0 aliphatic heterocycles. The highest BCUT2D eigenvalue weighted by Gasteiger charge is 2.07. The summed E-state index contributed by atoms with van der Waals surface area (Å²) in [6.45, 7) is 5.96. The van der Waals surface area contributed by atoms with Crippen LogP contribution in [0.3, 0.4) is 0 Å². The first-order valence-electron chi connectivity index (χ1n) is 5.96. The van der Waals surface area contributed by atoms with Gasteiger partial charge in [0.1, 0.15) is 0 Å². The number of hydrogen-bond acceptors (Lipinski definition) is 1. The second kappa shape index (κ2) is 5.28. The standard InChI is InChI=1S/C16H16ClN/c1-3-11-5-7-12(8-6-11)15-9-13(17)10-16(18)14(15)4-2/h4-10H,2-3,18H2,1H3. The number of rotatable bonds is 3. The van der Waals surface area contributed by atoms with Crippen molar-refractivity contribution in [1.29, 1.82) is 0 Å². The highest BCUT2D eigenvalue weighted by Crippen LogP contribution is 2.32. The number of nitrogens with two attached hydrogens (primary N) is 1. The van der Waals surface area contributed by atoms with Crippen molar-refractivity contribution in [2.45, 2.75) is 13.3 Å². The van der Waals surface area contributed by atoms with Gasteiger partial charge in [0, 0.05) is 16.3 Å². The summed E-state index contributed by atoms with van der Waals surface area (Å²) < 4.78 is 0. The summed E-state index contributed by atoms with van der Waals surface area (Å²) in [6.07, 6.45) is 2.81. The largest absolute Gasteiger partial charge is 0.398 e. The molecule has 2 heteroatoms.